The van der Waals surface area contributed by atoms with Gasteiger partial charge >= 0.3 is 5.97 Å². The highest BCUT2D eigenvalue weighted by Gasteiger charge is 2.32. The van der Waals surface area contributed by atoms with Crippen molar-refractivity contribution in [1.29, 1.82) is 0 Å². The summed E-state index contributed by atoms with van der Waals surface area (Å²) in [5.74, 6) is -0.489. The van der Waals surface area contributed by atoms with Gasteiger partial charge in [0.25, 0.3) is 0 Å². The number of carboxylic acids is 1. The molecule has 0 spiro atoms. The molecule has 0 radical (unpaired) electrons. The van der Waals surface area contributed by atoms with E-state index in [1.807, 2.05) is 0 Å². The molecule has 2 heterocycles. The second-order valence-electron chi connectivity index (χ2n) is 5.06. The van der Waals surface area contributed by atoms with Crippen molar-refractivity contribution in [2.24, 2.45) is 10.2 Å². The number of rotatable bonds is 6. The maximum atomic E-state index is 11.6. The Balaban J connectivity index is 1.63. The summed E-state index contributed by atoms with van der Waals surface area (Å²) in [6.45, 7) is 0. The van der Waals surface area contributed by atoms with E-state index in [1.54, 1.807) is 30.5 Å². The van der Waals surface area contributed by atoms with Crippen LogP contribution in [0, 0.1) is 0 Å². The van der Waals surface area contributed by atoms with Gasteiger partial charge in [0.05, 0.1) is 18.8 Å². The summed E-state index contributed by atoms with van der Waals surface area (Å²) in [6.07, 6.45) is 5.81. The van der Waals surface area contributed by atoms with Crippen molar-refractivity contribution in [3.05, 3.63) is 48.4 Å². The number of thioether (sulfide) groups is 1. The third-order valence-corrected chi connectivity index (χ3v) is 4.18. The zero-order valence-electron chi connectivity index (χ0n) is 13.3. The average molecular weight is 371 g/mol. The highest BCUT2D eigenvalue weighted by atomic mass is 32.2. The quantitative estimate of drug-likeness (QED) is 0.584. The lowest BCUT2D eigenvalue weighted by atomic mass is 10.2. The Morgan fingerprint density at radius 2 is 2.31 bits per heavy atom. The smallest absolute Gasteiger partial charge is 0.305 e. The van der Waals surface area contributed by atoms with Crippen LogP contribution in [0.4, 0.5) is 0 Å². The molecule has 2 aromatic rings. The van der Waals surface area contributed by atoms with E-state index in [-0.39, 0.29) is 17.5 Å². The van der Waals surface area contributed by atoms with Gasteiger partial charge < -0.3 is 15.2 Å². The fourth-order valence-electron chi connectivity index (χ4n) is 2.01. The molecule has 1 amide bonds. The van der Waals surface area contributed by atoms with E-state index in [0.717, 1.165) is 17.3 Å². The van der Waals surface area contributed by atoms with E-state index < -0.39 is 11.2 Å². The summed E-state index contributed by atoms with van der Waals surface area (Å²) in [5.41, 5.74) is 0.729. The first kappa shape index (κ1) is 17.5. The van der Waals surface area contributed by atoms with Crippen molar-refractivity contribution < 1.29 is 19.4 Å². The number of amidine groups is 1. The van der Waals surface area contributed by atoms with Crippen LogP contribution in [0.1, 0.15) is 12.0 Å². The average Bonchev–Trinajstić information content (AvgIpc) is 2.95. The normalized spacial score (nSPS) is 18.2. The number of benzene rings is 1. The molecule has 0 bridgehead atoms. The van der Waals surface area contributed by atoms with Crippen LogP contribution in [0.5, 0.6) is 11.6 Å². The summed E-state index contributed by atoms with van der Waals surface area (Å²) in [4.78, 5) is 30.3. The molecule has 3 rings (SSSR count). The Hall–Kier alpha value is -3.27. The molecule has 1 aliphatic heterocycles. The first-order chi connectivity index (χ1) is 12.6. The number of ether oxygens (including phenoxy) is 1. The van der Waals surface area contributed by atoms with Crippen molar-refractivity contribution in [2.45, 2.75) is 11.7 Å². The second-order valence-corrected chi connectivity index (χ2v) is 6.25. The number of nitrogens with zero attached hydrogens (tertiary/aromatic N) is 4. The number of carbonyl (C=O) groups excluding carboxylic acids is 1. The van der Waals surface area contributed by atoms with Gasteiger partial charge in [-0.05, 0) is 17.7 Å². The van der Waals surface area contributed by atoms with Gasteiger partial charge in [0, 0.05) is 12.4 Å². The summed E-state index contributed by atoms with van der Waals surface area (Å²) in [7, 11) is 0. The number of aliphatic carboxylic acids is 1. The van der Waals surface area contributed by atoms with Crippen molar-refractivity contribution in [2.75, 3.05) is 0 Å². The predicted molar refractivity (Wildman–Crippen MR) is 95.4 cm³/mol. The molecule has 1 unspecified atom stereocenters. The van der Waals surface area contributed by atoms with Gasteiger partial charge in [0.15, 0.2) is 5.17 Å². The van der Waals surface area contributed by atoms with Crippen LogP contribution in [0.3, 0.4) is 0 Å². The first-order valence-corrected chi connectivity index (χ1v) is 8.32. The highest BCUT2D eigenvalue weighted by Crippen LogP contribution is 2.22. The maximum absolute atomic E-state index is 11.6. The Morgan fingerprint density at radius 3 is 3.08 bits per heavy atom. The zero-order chi connectivity index (χ0) is 18.4. The molecule has 26 heavy (non-hydrogen) atoms. The molecular formula is C16H13N5O4S. The number of hydrogen-bond acceptors (Lipinski definition) is 8. The third kappa shape index (κ3) is 4.86. The summed E-state index contributed by atoms with van der Waals surface area (Å²) < 4.78 is 5.58. The summed E-state index contributed by atoms with van der Waals surface area (Å²) in [6, 6.07) is 7.10. The van der Waals surface area contributed by atoms with Gasteiger partial charge in [-0.15, -0.1) is 5.10 Å². The van der Waals surface area contributed by atoms with Crippen LogP contribution in [-0.4, -0.2) is 43.6 Å². The summed E-state index contributed by atoms with van der Waals surface area (Å²) in [5, 5.41) is 18.6. The molecule has 10 heteroatoms. The van der Waals surface area contributed by atoms with E-state index in [1.165, 1.54) is 18.6 Å². The fraction of sp³-hybridized carbons (Fsp3) is 0.125. The lowest BCUT2D eigenvalue weighted by Crippen LogP contribution is -2.26. The van der Waals surface area contributed by atoms with E-state index >= 15 is 0 Å². The molecule has 0 aliphatic carbocycles. The van der Waals surface area contributed by atoms with Crippen LogP contribution in [0.25, 0.3) is 0 Å². The van der Waals surface area contributed by atoms with Gasteiger partial charge in [0.1, 0.15) is 11.0 Å². The van der Waals surface area contributed by atoms with Crippen molar-refractivity contribution in [1.82, 2.24) is 15.3 Å². The van der Waals surface area contributed by atoms with Crippen molar-refractivity contribution >= 4 is 35.0 Å². The molecule has 1 aromatic heterocycles. The first-order valence-electron chi connectivity index (χ1n) is 7.44. The standard InChI is InChI=1S/C16H13N5O4S/c22-14(23)7-12-15(24)20-16(26-12)21-19-8-10-2-1-3-11(6-10)25-13-9-17-4-5-18-13/h1-6,8-9,12H,7H2,(H,22,23)(H,20,21,24). The Bertz CT molecular complexity index is 872. The monoisotopic (exact) mass is 371 g/mol. The Kier molecular flexibility index (Phi) is 5.54. The van der Waals surface area contributed by atoms with E-state index in [0.29, 0.717) is 11.6 Å². The lowest BCUT2D eigenvalue weighted by molar-refractivity contribution is -0.138. The number of amides is 1. The lowest BCUT2D eigenvalue weighted by Gasteiger charge is -2.03. The molecular weight excluding hydrogens is 358 g/mol. The van der Waals surface area contributed by atoms with Gasteiger partial charge in [-0.2, -0.15) is 5.10 Å². The molecule has 1 aliphatic rings. The SMILES string of the molecule is O=C(O)CC1SC(=NN=Cc2cccc(Oc3cnccn3)c2)NC1=O. The van der Waals surface area contributed by atoms with Crippen LogP contribution in [-0.2, 0) is 9.59 Å². The van der Waals surface area contributed by atoms with E-state index in [4.69, 9.17) is 9.84 Å². The van der Waals surface area contributed by atoms with Crippen molar-refractivity contribution in [3.8, 4) is 11.6 Å². The van der Waals surface area contributed by atoms with Gasteiger partial charge in [-0.3, -0.25) is 14.6 Å². The second kappa shape index (κ2) is 8.21. The zero-order valence-corrected chi connectivity index (χ0v) is 14.1. The van der Waals surface area contributed by atoms with Crippen LogP contribution in [0.15, 0.2) is 53.1 Å². The minimum atomic E-state index is -1.04. The number of aromatic nitrogens is 2. The van der Waals surface area contributed by atoms with Crippen LogP contribution in [0.2, 0.25) is 0 Å². The van der Waals surface area contributed by atoms with Crippen molar-refractivity contribution in [3.63, 3.8) is 0 Å². The maximum Gasteiger partial charge on any atom is 0.305 e. The fourth-order valence-corrected chi connectivity index (χ4v) is 2.93. The molecule has 0 saturated carbocycles. The molecule has 2 N–H and O–H groups in total. The van der Waals surface area contributed by atoms with E-state index in [9.17, 15) is 9.59 Å². The minimum Gasteiger partial charge on any atom is -0.481 e. The Morgan fingerprint density at radius 1 is 1.42 bits per heavy atom. The Labute approximate surface area is 152 Å². The third-order valence-electron chi connectivity index (χ3n) is 3.11. The van der Waals surface area contributed by atoms with Crippen LogP contribution >= 0.6 is 11.8 Å². The number of carboxylic acid groups (broad SMARTS) is 1. The van der Waals surface area contributed by atoms with Crippen LogP contribution < -0.4 is 10.1 Å². The largest absolute Gasteiger partial charge is 0.481 e. The molecule has 1 saturated heterocycles. The molecule has 1 atom stereocenters. The minimum absolute atomic E-state index is 0.263. The topological polar surface area (TPSA) is 126 Å². The molecule has 1 fully saturated rings. The number of carbonyl (C=O) groups is 2. The van der Waals surface area contributed by atoms with Gasteiger partial charge in [0.2, 0.25) is 11.8 Å². The highest BCUT2D eigenvalue weighted by molar-refractivity contribution is 8.15. The van der Waals surface area contributed by atoms with Gasteiger partial charge in [-0.1, -0.05) is 23.9 Å². The van der Waals surface area contributed by atoms with E-state index in [2.05, 4.69) is 25.5 Å². The molecule has 9 nitrogen and oxygen atoms in total. The molecule has 132 valence electrons. The summed E-state index contributed by atoms with van der Waals surface area (Å²) >= 11 is 1.04. The number of nitrogens with one attached hydrogen (secondary N) is 1. The number of hydrogen-bond donors (Lipinski definition) is 2. The predicted octanol–water partition coefficient (Wildman–Crippen LogP) is 1.67. The molecule has 1 aromatic carbocycles. The van der Waals surface area contributed by atoms with Gasteiger partial charge in [-0.25, -0.2) is 4.98 Å².